The highest BCUT2D eigenvalue weighted by molar-refractivity contribution is 5.95. The number of fused-ring (bicyclic) bond motifs is 1. The van der Waals surface area contributed by atoms with Crippen molar-refractivity contribution in [1.82, 2.24) is 20.3 Å². The van der Waals surface area contributed by atoms with E-state index in [1.54, 1.807) is 0 Å². The van der Waals surface area contributed by atoms with Gasteiger partial charge in [0.15, 0.2) is 0 Å². The van der Waals surface area contributed by atoms with Gasteiger partial charge in [-0.05, 0) is 57.5 Å². The zero-order valence-electron chi connectivity index (χ0n) is 14.0. The van der Waals surface area contributed by atoms with Crippen molar-refractivity contribution >= 4 is 11.0 Å². The first-order chi connectivity index (χ1) is 11.6. The maximum absolute atomic E-state index is 13.3. The molecule has 0 bridgehead atoms. The predicted molar refractivity (Wildman–Crippen MR) is 93.6 cm³/mol. The standard InChI is InChI=1S/C19H21FN4/c1-11-16(13-3-5-15(20)6-4-13)18-19(22-11)17(23-12(2)24-18)14-7-9-21-10-8-14/h3-6,14,21-22H,7-10H2,1-2H3. The molecule has 0 unspecified atom stereocenters. The summed E-state index contributed by atoms with van der Waals surface area (Å²) in [5.74, 6) is 1.02. The van der Waals surface area contributed by atoms with Gasteiger partial charge >= 0.3 is 0 Å². The van der Waals surface area contributed by atoms with Crippen molar-refractivity contribution in [2.24, 2.45) is 0 Å². The van der Waals surface area contributed by atoms with Crippen molar-refractivity contribution in [1.29, 1.82) is 0 Å². The van der Waals surface area contributed by atoms with Gasteiger partial charge in [0.2, 0.25) is 0 Å². The minimum Gasteiger partial charge on any atom is -0.355 e. The fraction of sp³-hybridized carbons (Fsp3) is 0.368. The molecular formula is C19H21FN4. The quantitative estimate of drug-likeness (QED) is 0.753. The van der Waals surface area contributed by atoms with Gasteiger partial charge in [-0.2, -0.15) is 0 Å². The largest absolute Gasteiger partial charge is 0.355 e. The Balaban J connectivity index is 1.91. The van der Waals surface area contributed by atoms with Crippen LogP contribution in [-0.4, -0.2) is 28.0 Å². The number of nitrogens with zero attached hydrogens (tertiary/aromatic N) is 2. The van der Waals surface area contributed by atoms with E-state index >= 15 is 0 Å². The Hall–Kier alpha value is -2.27. The van der Waals surface area contributed by atoms with Crippen LogP contribution in [0.3, 0.4) is 0 Å². The molecule has 0 spiro atoms. The number of aromatic amines is 1. The van der Waals surface area contributed by atoms with E-state index < -0.39 is 0 Å². The number of rotatable bonds is 2. The smallest absolute Gasteiger partial charge is 0.126 e. The van der Waals surface area contributed by atoms with Gasteiger partial charge in [-0.15, -0.1) is 0 Å². The van der Waals surface area contributed by atoms with Gasteiger partial charge in [0.05, 0.1) is 11.2 Å². The SMILES string of the molecule is Cc1nc(C2CCNCC2)c2[nH]c(C)c(-c3ccc(F)cc3)c2n1. The zero-order valence-corrected chi connectivity index (χ0v) is 14.0. The van der Waals surface area contributed by atoms with Crippen LogP contribution in [0.15, 0.2) is 24.3 Å². The molecule has 3 heterocycles. The van der Waals surface area contributed by atoms with Crippen LogP contribution in [0.4, 0.5) is 4.39 Å². The van der Waals surface area contributed by atoms with E-state index in [9.17, 15) is 4.39 Å². The molecular weight excluding hydrogens is 303 g/mol. The van der Waals surface area contributed by atoms with Crippen LogP contribution in [-0.2, 0) is 0 Å². The molecule has 1 aliphatic rings. The number of hydrogen-bond donors (Lipinski definition) is 2. The second-order valence-electron chi connectivity index (χ2n) is 6.54. The topological polar surface area (TPSA) is 53.6 Å². The first-order valence-corrected chi connectivity index (χ1v) is 8.47. The van der Waals surface area contributed by atoms with E-state index in [2.05, 4.69) is 10.3 Å². The molecule has 5 heteroatoms. The maximum atomic E-state index is 13.3. The summed E-state index contributed by atoms with van der Waals surface area (Å²) in [5.41, 5.74) is 6.17. The lowest BCUT2D eigenvalue weighted by atomic mass is 9.93. The van der Waals surface area contributed by atoms with E-state index in [0.29, 0.717) is 5.92 Å². The summed E-state index contributed by atoms with van der Waals surface area (Å²) in [6, 6.07) is 6.62. The first kappa shape index (κ1) is 15.3. The number of aryl methyl sites for hydroxylation is 2. The van der Waals surface area contributed by atoms with E-state index in [1.165, 1.54) is 12.1 Å². The molecule has 3 aromatic rings. The molecule has 4 nitrogen and oxygen atoms in total. The zero-order chi connectivity index (χ0) is 16.7. The molecule has 1 fully saturated rings. The summed E-state index contributed by atoms with van der Waals surface area (Å²) in [4.78, 5) is 13.0. The van der Waals surface area contributed by atoms with Crippen LogP contribution in [0.2, 0.25) is 0 Å². The predicted octanol–water partition coefficient (Wildman–Crippen LogP) is 3.85. The lowest BCUT2D eigenvalue weighted by molar-refractivity contribution is 0.454. The number of piperidine rings is 1. The number of aromatic nitrogens is 3. The van der Waals surface area contributed by atoms with Crippen LogP contribution in [0, 0.1) is 19.7 Å². The third-order valence-corrected chi connectivity index (χ3v) is 4.83. The molecule has 24 heavy (non-hydrogen) atoms. The van der Waals surface area contributed by atoms with Gasteiger partial charge in [-0.3, -0.25) is 0 Å². The third-order valence-electron chi connectivity index (χ3n) is 4.83. The average molecular weight is 324 g/mol. The Morgan fingerprint density at radius 1 is 1.04 bits per heavy atom. The van der Waals surface area contributed by atoms with Crippen molar-refractivity contribution in [2.45, 2.75) is 32.6 Å². The molecule has 0 radical (unpaired) electrons. The van der Waals surface area contributed by atoms with Gasteiger partial charge in [0.25, 0.3) is 0 Å². The number of H-pyrrole nitrogens is 1. The van der Waals surface area contributed by atoms with Gasteiger partial charge in [0, 0.05) is 17.2 Å². The normalized spacial score (nSPS) is 16.0. The molecule has 124 valence electrons. The molecule has 0 aliphatic carbocycles. The number of hydrogen-bond acceptors (Lipinski definition) is 3. The summed E-state index contributed by atoms with van der Waals surface area (Å²) in [7, 11) is 0. The van der Waals surface area contributed by atoms with E-state index in [-0.39, 0.29) is 5.82 Å². The highest BCUT2D eigenvalue weighted by Gasteiger charge is 2.23. The molecule has 0 saturated carbocycles. The van der Waals surface area contributed by atoms with Gasteiger partial charge in [0.1, 0.15) is 17.2 Å². The first-order valence-electron chi connectivity index (χ1n) is 8.47. The minimum absolute atomic E-state index is 0.225. The Labute approximate surface area is 140 Å². The summed E-state index contributed by atoms with van der Waals surface area (Å²) in [6.07, 6.45) is 2.19. The van der Waals surface area contributed by atoms with Crippen molar-refractivity contribution in [2.75, 3.05) is 13.1 Å². The summed E-state index contributed by atoms with van der Waals surface area (Å²) in [6.45, 7) is 6.04. The second-order valence-corrected chi connectivity index (χ2v) is 6.54. The summed E-state index contributed by atoms with van der Waals surface area (Å²) in [5, 5.41) is 3.41. The summed E-state index contributed by atoms with van der Waals surface area (Å²) >= 11 is 0. The van der Waals surface area contributed by atoms with Crippen LogP contribution in [0.5, 0.6) is 0 Å². The van der Waals surface area contributed by atoms with Crippen molar-refractivity contribution in [3.05, 3.63) is 47.3 Å². The van der Waals surface area contributed by atoms with Crippen molar-refractivity contribution < 1.29 is 4.39 Å². The third kappa shape index (κ3) is 2.59. The minimum atomic E-state index is -0.225. The average Bonchev–Trinajstić information content (AvgIpc) is 2.91. The number of nitrogens with one attached hydrogen (secondary N) is 2. The van der Waals surface area contributed by atoms with Crippen LogP contribution >= 0.6 is 0 Å². The monoisotopic (exact) mass is 324 g/mol. The van der Waals surface area contributed by atoms with E-state index in [1.807, 2.05) is 26.0 Å². The summed E-state index contributed by atoms with van der Waals surface area (Å²) < 4.78 is 13.3. The molecule has 2 aromatic heterocycles. The van der Waals surface area contributed by atoms with Gasteiger partial charge in [-0.1, -0.05) is 12.1 Å². The molecule has 1 saturated heterocycles. The van der Waals surface area contributed by atoms with Crippen LogP contribution in [0.1, 0.15) is 36.0 Å². The van der Waals surface area contributed by atoms with E-state index in [4.69, 9.17) is 9.97 Å². The molecule has 0 amide bonds. The van der Waals surface area contributed by atoms with E-state index in [0.717, 1.165) is 65.3 Å². The Kier molecular flexibility index (Phi) is 3.81. The fourth-order valence-electron chi connectivity index (χ4n) is 3.69. The lowest BCUT2D eigenvalue weighted by Crippen LogP contribution is -2.27. The lowest BCUT2D eigenvalue weighted by Gasteiger charge is -2.22. The van der Waals surface area contributed by atoms with Crippen molar-refractivity contribution in [3.8, 4) is 11.1 Å². The molecule has 2 N–H and O–H groups in total. The van der Waals surface area contributed by atoms with Gasteiger partial charge < -0.3 is 10.3 Å². The van der Waals surface area contributed by atoms with Crippen molar-refractivity contribution in [3.63, 3.8) is 0 Å². The molecule has 0 atom stereocenters. The number of benzene rings is 1. The number of halogens is 1. The second kappa shape index (κ2) is 5.98. The highest BCUT2D eigenvalue weighted by Crippen LogP contribution is 2.36. The molecule has 4 rings (SSSR count). The Morgan fingerprint density at radius 2 is 1.75 bits per heavy atom. The highest BCUT2D eigenvalue weighted by atomic mass is 19.1. The maximum Gasteiger partial charge on any atom is 0.126 e. The Morgan fingerprint density at radius 3 is 2.46 bits per heavy atom. The fourth-order valence-corrected chi connectivity index (χ4v) is 3.69. The van der Waals surface area contributed by atoms with Gasteiger partial charge in [-0.25, -0.2) is 14.4 Å². The Bertz CT molecular complexity index is 877. The van der Waals surface area contributed by atoms with Crippen LogP contribution < -0.4 is 5.32 Å². The molecule has 1 aliphatic heterocycles. The van der Waals surface area contributed by atoms with Crippen LogP contribution in [0.25, 0.3) is 22.2 Å². The molecule has 1 aromatic carbocycles.